The van der Waals surface area contributed by atoms with Crippen molar-refractivity contribution >= 4 is 5.96 Å². The minimum absolute atomic E-state index is 0.691. The number of rotatable bonds is 8. The Bertz CT molecular complexity index is 520. The van der Waals surface area contributed by atoms with Gasteiger partial charge in [0.25, 0.3) is 0 Å². The summed E-state index contributed by atoms with van der Waals surface area (Å²) >= 11 is 0. The number of nitrogens with zero attached hydrogens (tertiary/aromatic N) is 4. The van der Waals surface area contributed by atoms with Gasteiger partial charge in [0.2, 0.25) is 0 Å². The fourth-order valence-electron chi connectivity index (χ4n) is 3.28. The molecular formula is C19H35N5O. The summed E-state index contributed by atoms with van der Waals surface area (Å²) in [5, 5.41) is 3.43. The molecule has 2 rings (SSSR count). The zero-order chi connectivity index (χ0) is 18.1. The third-order valence-electron chi connectivity index (χ3n) is 4.96. The van der Waals surface area contributed by atoms with E-state index in [2.05, 4.69) is 59.0 Å². The average Bonchev–Trinajstić information content (AvgIpc) is 3.02. The molecule has 0 saturated carbocycles. The highest BCUT2D eigenvalue weighted by atomic mass is 16.5. The Kier molecular flexibility index (Phi) is 8.28. The maximum absolute atomic E-state index is 5.18. The molecule has 1 aromatic rings. The van der Waals surface area contributed by atoms with Crippen LogP contribution in [0, 0.1) is 5.92 Å². The van der Waals surface area contributed by atoms with Crippen molar-refractivity contribution in [2.75, 3.05) is 53.5 Å². The van der Waals surface area contributed by atoms with Crippen LogP contribution >= 0.6 is 0 Å². The van der Waals surface area contributed by atoms with Gasteiger partial charge in [-0.05, 0) is 50.9 Å². The predicted octanol–water partition coefficient (Wildman–Crippen LogP) is 1.78. The summed E-state index contributed by atoms with van der Waals surface area (Å²) in [5.41, 5.74) is 1.29. The largest absolute Gasteiger partial charge is 0.383 e. The molecule has 0 amide bonds. The molecule has 6 nitrogen and oxygen atoms in total. The van der Waals surface area contributed by atoms with Crippen molar-refractivity contribution < 1.29 is 4.74 Å². The van der Waals surface area contributed by atoms with Gasteiger partial charge in [0.05, 0.1) is 13.2 Å². The summed E-state index contributed by atoms with van der Waals surface area (Å²) in [6.07, 6.45) is 4.55. The van der Waals surface area contributed by atoms with Gasteiger partial charge < -0.3 is 24.4 Å². The zero-order valence-electron chi connectivity index (χ0n) is 16.4. The van der Waals surface area contributed by atoms with Crippen LogP contribution in [0.15, 0.2) is 23.3 Å². The number of nitrogens with one attached hydrogen (secondary N) is 1. The van der Waals surface area contributed by atoms with E-state index in [0.717, 1.165) is 38.7 Å². The van der Waals surface area contributed by atoms with Crippen LogP contribution in [0.1, 0.15) is 25.5 Å². The molecule has 0 aromatic carbocycles. The number of guanidine groups is 1. The number of piperidine rings is 1. The normalized spacial score (nSPS) is 17.0. The van der Waals surface area contributed by atoms with Gasteiger partial charge >= 0.3 is 0 Å². The lowest BCUT2D eigenvalue weighted by Gasteiger charge is -2.31. The molecule has 1 saturated heterocycles. The van der Waals surface area contributed by atoms with E-state index in [-0.39, 0.29) is 0 Å². The predicted molar refractivity (Wildman–Crippen MR) is 104 cm³/mol. The number of aromatic nitrogens is 1. The van der Waals surface area contributed by atoms with Gasteiger partial charge in [-0.15, -0.1) is 0 Å². The van der Waals surface area contributed by atoms with E-state index < -0.39 is 0 Å². The van der Waals surface area contributed by atoms with Crippen LogP contribution in [0.5, 0.6) is 0 Å². The topological polar surface area (TPSA) is 45.0 Å². The molecule has 1 aliphatic heterocycles. The molecule has 1 aromatic heterocycles. The van der Waals surface area contributed by atoms with Crippen molar-refractivity contribution in [3.8, 4) is 0 Å². The van der Waals surface area contributed by atoms with Gasteiger partial charge in [-0.3, -0.25) is 4.99 Å². The standard InChI is InChI=1S/C19H35N5O/c1-5-20-19(23(3)16-18-7-6-10-22(18)2)21-15-17-8-11-24(12-9-17)13-14-25-4/h6-7,10,17H,5,8-9,11-16H2,1-4H3,(H,20,21). The number of aliphatic imine (C=N–C) groups is 1. The number of aryl methyl sites for hydroxylation is 1. The van der Waals surface area contributed by atoms with Crippen molar-refractivity contribution in [3.63, 3.8) is 0 Å². The molecule has 2 heterocycles. The Morgan fingerprint density at radius 1 is 1.40 bits per heavy atom. The van der Waals surface area contributed by atoms with E-state index in [4.69, 9.17) is 9.73 Å². The third kappa shape index (κ3) is 6.36. The van der Waals surface area contributed by atoms with Crippen LogP contribution < -0.4 is 5.32 Å². The first-order valence-electron chi connectivity index (χ1n) is 9.45. The molecular weight excluding hydrogens is 314 g/mol. The number of methoxy groups -OCH3 is 1. The van der Waals surface area contributed by atoms with Gasteiger partial charge in [-0.2, -0.15) is 0 Å². The summed E-state index contributed by atoms with van der Waals surface area (Å²) in [6, 6.07) is 4.25. The first kappa shape index (κ1) is 19.8. The van der Waals surface area contributed by atoms with E-state index in [1.54, 1.807) is 7.11 Å². The van der Waals surface area contributed by atoms with Gasteiger partial charge in [0, 0.05) is 52.7 Å². The lowest BCUT2D eigenvalue weighted by atomic mass is 9.97. The fourth-order valence-corrected chi connectivity index (χ4v) is 3.28. The minimum atomic E-state index is 0.691. The van der Waals surface area contributed by atoms with Crippen molar-refractivity contribution in [3.05, 3.63) is 24.0 Å². The highest BCUT2D eigenvalue weighted by Gasteiger charge is 2.19. The first-order valence-corrected chi connectivity index (χ1v) is 9.45. The first-order chi connectivity index (χ1) is 12.1. The zero-order valence-corrected chi connectivity index (χ0v) is 16.4. The highest BCUT2D eigenvalue weighted by molar-refractivity contribution is 5.79. The van der Waals surface area contributed by atoms with Crippen LogP contribution in [0.3, 0.4) is 0 Å². The number of hydrogen-bond acceptors (Lipinski definition) is 3. The van der Waals surface area contributed by atoms with Gasteiger partial charge in [-0.1, -0.05) is 0 Å². The molecule has 142 valence electrons. The van der Waals surface area contributed by atoms with Crippen molar-refractivity contribution in [1.29, 1.82) is 0 Å². The maximum atomic E-state index is 5.18. The molecule has 25 heavy (non-hydrogen) atoms. The molecule has 0 unspecified atom stereocenters. The van der Waals surface area contributed by atoms with E-state index in [0.29, 0.717) is 5.92 Å². The molecule has 0 radical (unpaired) electrons. The van der Waals surface area contributed by atoms with Crippen LogP contribution in [-0.2, 0) is 18.3 Å². The minimum Gasteiger partial charge on any atom is -0.383 e. The molecule has 0 aliphatic carbocycles. The molecule has 1 aliphatic rings. The Morgan fingerprint density at radius 2 is 2.16 bits per heavy atom. The second-order valence-corrected chi connectivity index (χ2v) is 6.94. The van der Waals surface area contributed by atoms with Gasteiger partial charge in [-0.25, -0.2) is 0 Å². The van der Waals surface area contributed by atoms with E-state index >= 15 is 0 Å². The monoisotopic (exact) mass is 349 g/mol. The summed E-state index contributed by atoms with van der Waals surface area (Å²) in [7, 11) is 5.97. The number of likely N-dealkylation sites (tertiary alicyclic amines) is 1. The summed E-state index contributed by atoms with van der Waals surface area (Å²) in [5.74, 6) is 1.70. The van der Waals surface area contributed by atoms with E-state index in [1.165, 1.54) is 31.6 Å². The van der Waals surface area contributed by atoms with Crippen molar-refractivity contribution in [1.82, 2.24) is 19.7 Å². The van der Waals surface area contributed by atoms with E-state index in [1.807, 2.05) is 0 Å². The molecule has 0 bridgehead atoms. The third-order valence-corrected chi connectivity index (χ3v) is 4.96. The second-order valence-electron chi connectivity index (χ2n) is 6.94. The molecule has 6 heteroatoms. The summed E-state index contributed by atoms with van der Waals surface area (Å²) in [6.45, 7) is 9.01. The van der Waals surface area contributed by atoms with Crippen LogP contribution in [0.4, 0.5) is 0 Å². The highest BCUT2D eigenvalue weighted by Crippen LogP contribution is 2.17. The summed E-state index contributed by atoms with van der Waals surface area (Å²) < 4.78 is 7.34. The van der Waals surface area contributed by atoms with Crippen molar-refractivity contribution in [2.24, 2.45) is 18.0 Å². The average molecular weight is 350 g/mol. The Balaban J connectivity index is 1.84. The Labute approximate surface area is 152 Å². The molecule has 1 fully saturated rings. The number of hydrogen-bond donors (Lipinski definition) is 1. The Morgan fingerprint density at radius 3 is 2.76 bits per heavy atom. The maximum Gasteiger partial charge on any atom is 0.194 e. The van der Waals surface area contributed by atoms with Gasteiger partial charge in [0.15, 0.2) is 5.96 Å². The SMILES string of the molecule is CCNC(=NCC1CCN(CCOC)CC1)N(C)Cc1cccn1C. The molecule has 1 N–H and O–H groups in total. The smallest absolute Gasteiger partial charge is 0.194 e. The number of ether oxygens (including phenoxy) is 1. The molecule has 0 atom stereocenters. The fraction of sp³-hybridized carbons (Fsp3) is 0.737. The van der Waals surface area contributed by atoms with Crippen LogP contribution in [-0.4, -0.2) is 73.8 Å². The Hall–Kier alpha value is -1.53. The van der Waals surface area contributed by atoms with Crippen LogP contribution in [0.2, 0.25) is 0 Å². The summed E-state index contributed by atoms with van der Waals surface area (Å²) in [4.78, 5) is 9.62. The second kappa shape index (κ2) is 10.5. The van der Waals surface area contributed by atoms with Crippen LogP contribution in [0.25, 0.3) is 0 Å². The van der Waals surface area contributed by atoms with Crippen molar-refractivity contribution in [2.45, 2.75) is 26.3 Å². The van der Waals surface area contributed by atoms with E-state index in [9.17, 15) is 0 Å². The molecule has 0 spiro atoms. The lowest BCUT2D eigenvalue weighted by Crippen LogP contribution is -2.40. The quantitative estimate of drug-likeness (QED) is 0.574. The van der Waals surface area contributed by atoms with Gasteiger partial charge in [0.1, 0.15) is 0 Å². The lowest BCUT2D eigenvalue weighted by molar-refractivity contribution is 0.121.